The first-order valence-electron chi connectivity index (χ1n) is 12.8. The van der Waals surface area contributed by atoms with Crippen molar-refractivity contribution >= 4 is 26.8 Å². The van der Waals surface area contributed by atoms with Crippen LogP contribution in [0.1, 0.15) is 41.8 Å². The number of allylic oxidation sites excluding steroid dienone is 1. The van der Waals surface area contributed by atoms with E-state index in [1.54, 1.807) is 33.9 Å². The fourth-order valence-electron chi connectivity index (χ4n) is 5.80. The molecule has 2 atom stereocenters. The molecule has 2 aliphatic rings. The molecule has 0 aliphatic carbocycles. The van der Waals surface area contributed by atoms with Crippen LogP contribution in [0.2, 0.25) is 0 Å². The summed E-state index contributed by atoms with van der Waals surface area (Å²) in [5.41, 5.74) is 2.35. The van der Waals surface area contributed by atoms with Crippen molar-refractivity contribution in [3.63, 3.8) is 0 Å². The van der Waals surface area contributed by atoms with Crippen molar-refractivity contribution in [1.29, 1.82) is 0 Å². The molecule has 3 aromatic rings. The molecule has 194 valence electrons. The lowest BCUT2D eigenvalue weighted by Crippen LogP contribution is -2.44. The van der Waals surface area contributed by atoms with Gasteiger partial charge in [-0.05, 0) is 54.0 Å². The summed E-state index contributed by atoms with van der Waals surface area (Å²) < 4.78 is 30.5. The lowest BCUT2D eigenvalue weighted by molar-refractivity contribution is 0.0621. The monoisotopic (exact) mass is 519 g/mol. The van der Waals surface area contributed by atoms with Crippen molar-refractivity contribution in [2.24, 2.45) is 11.8 Å². The summed E-state index contributed by atoms with van der Waals surface area (Å²) in [6.45, 7) is 10.3. The van der Waals surface area contributed by atoms with Crippen LogP contribution in [-0.2, 0) is 29.5 Å². The Morgan fingerprint density at radius 2 is 1.78 bits per heavy atom. The van der Waals surface area contributed by atoms with Gasteiger partial charge in [-0.25, -0.2) is 8.42 Å². The van der Waals surface area contributed by atoms with Crippen molar-refractivity contribution in [3.05, 3.63) is 88.2 Å². The third-order valence-electron chi connectivity index (χ3n) is 7.50. The number of hydrogen-bond acceptors (Lipinski definition) is 4. The summed E-state index contributed by atoms with van der Waals surface area (Å²) in [4.78, 5) is 29.0. The average molecular weight is 520 g/mol. The predicted molar refractivity (Wildman–Crippen MR) is 145 cm³/mol. The normalized spacial score (nSPS) is 20.5. The zero-order valence-corrected chi connectivity index (χ0v) is 22.2. The molecule has 2 aromatic carbocycles. The van der Waals surface area contributed by atoms with Crippen molar-refractivity contribution in [3.8, 4) is 0 Å². The van der Waals surface area contributed by atoms with E-state index in [9.17, 15) is 18.0 Å². The van der Waals surface area contributed by atoms with Crippen LogP contribution in [0, 0.1) is 11.8 Å². The highest BCUT2D eigenvalue weighted by Gasteiger charge is 2.31. The van der Waals surface area contributed by atoms with Crippen LogP contribution in [0.25, 0.3) is 10.9 Å². The van der Waals surface area contributed by atoms with E-state index in [0.29, 0.717) is 56.5 Å². The highest BCUT2D eigenvalue weighted by atomic mass is 32.2. The molecule has 2 aliphatic heterocycles. The second-order valence-corrected chi connectivity index (χ2v) is 12.4. The number of amides is 1. The summed E-state index contributed by atoms with van der Waals surface area (Å²) in [5.74, 6) is 0.411. The molecule has 0 N–H and O–H groups in total. The van der Waals surface area contributed by atoms with Crippen molar-refractivity contribution in [1.82, 2.24) is 13.8 Å². The van der Waals surface area contributed by atoms with Crippen LogP contribution < -0.4 is 5.43 Å². The molecular weight excluding hydrogens is 486 g/mol. The molecule has 8 heteroatoms. The molecule has 1 saturated heterocycles. The van der Waals surface area contributed by atoms with E-state index in [0.717, 1.165) is 17.5 Å². The molecule has 1 fully saturated rings. The second-order valence-electron chi connectivity index (χ2n) is 10.5. The molecule has 0 saturated carbocycles. The molecule has 0 radical (unpaired) electrons. The van der Waals surface area contributed by atoms with Crippen LogP contribution in [0.4, 0.5) is 0 Å². The van der Waals surface area contributed by atoms with Crippen LogP contribution >= 0.6 is 0 Å². The zero-order chi connectivity index (χ0) is 26.3. The maximum Gasteiger partial charge on any atom is 0.259 e. The molecule has 5 rings (SSSR count). The Bertz CT molecular complexity index is 1530. The third-order valence-corrected chi connectivity index (χ3v) is 9.34. The van der Waals surface area contributed by atoms with Crippen LogP contribution in [0.3, 0.4) is 0 Å². The standard InChI is InChI=1S/C29H33N3O4S/c1-4-12-30-19-26(29(34)31-16-20(2)14-21(3)17-31)28(33)25-15-24(9-10-27(25)30)37(35,36)32-13-11-22-7-5-6-8-23(22)18-32/h4-10,15,19-21H,1,11-14,16-18H2,2-3H3/t20-,21+. The number of piperidine rings is 1. The van der Waals surface area contributed by atoms with Gasteiger partial charge in [0.2, 0.25) is 15.5 Å². The van der Waals surface area contributed by atoms with E-state index >= 15 is 0 Å². The Hall–Kier alpha value is -3.23. The van der Waals surface area contributed by atoms with Crippen LogP contribution in [-0.4, -0.2) is 47.7 Å². The van der Waals surface area contributed by atoms with Gasteiger partial charge in [-0.15, -0.1) is 6.58 Å². The summed E-state index contributed by atoms with van der Waals surface area (Å²) in [5, 5.41) is 0.226. The number of benzene rings is 2. The number of pyridine rings is 1. The van der Waals surface area contributed by atoms with E-state index in [-0.39, 0.29) is 21.8 Å². The molecule has 3 heterocycles. The fourth-order valence-corrected chi connectivity index (χ4v) is 7.25. The van der Waals surface area contributed by atoms with Gasteiger partial charge in [0.15, 0.2) is 0 Å². The van der Waals surface area contributed by atoms with Crippen LogP contribution in [0.15, 0.2) is 71.0 Å². The van der Waals surface area contributed by atoms with Crippen molar-refractivity contribution in [2.75, 3.05) is 19.6 Å². The van der Waals surface area contributed by atoms with Gasteiger partial charge in [0.25, 0.3) is 5.91 Å². The lowest BCUT2D eigenvalue weighted by atomic mass is 9.91. The largest absolute Gasteiger partial charge is 0.343 e. The zero-order valence-electron chi connectivity index (χ0n) is 21.4. The van der Waals surface area contributed by atoms with Gasteiger partial charge >= 0.3 is 0 Å². The molecule has 0 spiro atoms. The minimum atomic E-state index is -3.84. The Kier molecular flexibility index (Phi) is 6.81. The van der Waals surface area contributed by atoms with Gasteiger partial charge in [-0.3, -0.25) is 9.59 Å². The number of sulfonamides is 1. The predicted octanol–water partition coefficient (Wildman–Crippen LogP) is 4.05. The molecule has 7 nitrogen and oxygen atoms in total. The maximum absolute atomic E-state index is 13.7. The van der Waals surface area contributed by atoms with Gasteiger partial charge in [-0.2, -0.15) is 4.31 Å². The minimum Gasteiger partial charge on any atom is -0.343 e. The van der Waals surface area contributed by atoms with Gasteiger partial charge in [0.05, 0.1) is 10.4 Å². The first-order chi connectivity index (χ1) is 17.7. The van der Waals surface area contributed by atoms with Gasteiger partial charge < -0.3 is 9.47 Å². The summed E-state index contributed by atoms with van der Waals surface area (Å²) in [6.07, 6.45) is 4.97. The van der Waals surface area contributed by atoms with E-state index in [1.165, 1.54) is 10.4 Å². The summed E-state index contributed by atoms with van der Waals surface area (Å²) in [6, 6.07) is 12.5. The van der Waals surface area contributed by atoms with E-state index in [1.807, 2.05) is 24.3 Å². The Balaban J connectivity index is 1.57. The first kappa shape index (κ1) is 25.4. The fraction of sp³-hybridized carbons (Fsp3) is 0.379. The van der Waals surface area contributed by atoms with Gasteiger partial charge in [-0.1, -0.05) is 44.2 Å². The van der Waals surface area contributed by atoms with E-state index in [2.05, 4.69) is 20.4 Å². The van der Waals surface area contributed by atoms with Gasteiger partial charge in [0.1, 0.15) is 5.56 Å². The smallest absolute Gasteiger partial charge is 0.259 e. The Labute approximate surface area is 218 Å². The van der Waals surface area contributed by atoms with Crippen LogP contribution in [0.5, 0.6) is 0 Å². The molecule has 37 heavy (non-hydrogen) atoms. The second kappa shape index (κ2) is 9.91. The molecular formula is C29H33N3O4S. The van der Waals surface area contributed by atoms with Gasteiger partial charge in [0, 0.05) is 44.3 Å². The highest BCUT2D eigenvalue weighted by Crippen LogP contribution is 2.27. The topological polar surface area (TPSA) is 79.7 Å². The maximum atomic E-state index is 13.7. The average Bonchev–Trinajstić information content (AvgIpc) is 2.89. The summed E-state index contributed by atoms with van der Waals surface area (Å²) >= 11 is 0. The number of hydrogen-bond donors (Lipinski definition) is 0. The number of rotatable bonds is 5. The van der Waals surface area contributed by atoms with Crippen molar-refractivity contribution in [2.45, 2.75) is 44.7 Å². The minimum absolute atomic E-state index is 0.0615. The lowest BCUT2D eigenvalue weighted by Gasteiger charge is -2.35. The number of aromatic nitrogens is 1. The number of likely N-dealkylation sites (tertiary alicyclic amines) is 1. The molecule has 1 aromatic heterocycles. The molecule has 0 bridgehead atoms. The third kappa shape index (κ3) is 4.76. The Morgan fingerprint density at radius 3 is 2.49 bits per heavy atom. The summed E-state index contributed by atoms with van der Waals surface area (Å²) in [7, 11) is -3.84. The quantitative estimate of drug-likeness (QED) is 0.477. The SMILES string of the molecule is C=CCn1cc(C(=O)N2C[C@H](C)C[C@H](C)C2)c(=O)c2cc(S(=O)(=O)N3CCc4ccccc4C3)ccc21. The highest BCUT2D eigenvalue weighted by molar-refractivity contribution is 7.89. The molecule has 0 unspecified atom stereocenters. The first-order valence-corrected chi connectivity index (χ1v) is 14.3. The Morgan fingerprint density at radius 1 is 1.08 bits per heavy atom. The number of carbonyl (C=O) groups excluding carboxylic acids is 1. The molecule has 1 amide bonds. The number of fused-ring (bicyclic) bond motifs is 2. The van der Waals surface area contributed by atoms with E-state index < -0.39 is 15.5 Å². The van der Waals surface area contributed by atoms with E-state index in [4.69, 9.17) is 0 Å². The number of carbonyl (C=O) groups is 1. The van der Waals surface area contributed by atoms with Crippen molar-refractivity contribution < 1.29 is 13.2 Å². The number of nitrogens with zero attached hydrogens (tertiary/aromatic N) is 3.